The number of imide groups is 1. The van der Waals surface area contributed by atoms with Gasteiger partial charge in [0.1, 0.15) is 6.10 Å². The number of hydrogen-bond donors (Lipinski definition) is 1. The van der Waals surface area contributed by atoms with Crippen LogP contribution in [0.25, 0.3) is 10.8 Å². The van der Waals surface area contributed by atoms with Crippen molar-refractivity contribution in [2.45, 2.75) is 13.0 Å². The predicted molar refractivity (Wildman–Crippen MR) is 81.6 cm³/mol. The number of amides is 2. The van der Waals surface area contributed by atoms with Crippen LogP contribution in [0.4, 0.5) is 0 Å². The van der Waals surface area contributed by atoms with Crippen LogP contribution in [0.2, 0.25) is 0 Å². The Morgan fingerprint density at radius 2 is 1.73 bits per heavy atom. The number of benzene rings is 2. The lowest BCUT2D eigenvalue weighted by Gasteiger charge is -2.29. The van der Waals surface area contributed by atoms with Crippen LogP contribution in [-0.2, 0) is 4.89 Å². The van der Waals surface area contributed by atoms with E-state index in [1.807, 2.05) is 12.1 Å². The smallest absolute Gasteiger partial charge is 0.261 e. The third-order valence-electron chi connectivity index (χ3n) is 3.88. The quantitative estimate of drug-likeness (QED) is 0.408. The lowest BCUT2D eigenvalue weighted by atomic mass is 9.94. The first kappa shape index (κ1) is 14.4. The summed E-state index contributed by atoms with van der Waals surface area (Å²) < 4.78 is 0. The van der Waals surface area contributed by atoms with Crippen molar-refractivity contribution in [3.63, 3.8) is 0 Å². The summed E-state index contributed by atoms with van der Waals surface area (Å²) in [7, 11) is 0. The van der Waals surface area contributed by atoms with Crippen LogP contribution in [-0.4, -0.2) is 34.6 Å². The van der Waals surface area contributed by atoms with E-state index >= 15 is 0 Å². The summed E-state index contributed by atoms with van der Waals surface area (Å²) in [5.41, 5.74) is 1.48. The van der Waals surface area contributed by atoms with Crippen molar-refractivity contribution in [2.24, 2.45) is 0 Å². The van der Waals surface area contributed by atoms with Gasteiger partial charge in [-0.2, -0.15) is 0 Å². The maximum atomic E-state index is 12.6. The molecule has 0 saturated carbocycles. The largest absolute Gasteiger partial charge is 0.271 e. The molecule has 1 aliphatic heterocycles. The molecule has 5 heteroatoms. The van der Waals surface area contributed by atoms with Crippen molar-refractivity contribution in [1.82, 2.24) is 4.90 Å². The predicted octanol–water partition coefficient (Wildman–Crippen LogP) is 2.87. The van der Waals surface area contributed by atoms with Crippen LogP contribution in [0.3, 0.4) is 0 Å². The molecule has 0 radical (unpaired) electrons. The van der Waals surface area contributed by atoms with E-state index in [2.05, 4.69) is 11.5 Å². The Balaban J connectivity index is 2.10. The zero-order valence-electron chi connectivity index (χ0n) is 12.1. The Bertz CT molecular complexity index is 746. The SMILES string of the molecule is C=C(C)C(CN1C(=O)c2cccc3cccc(c23)C1=O)OO. The minimum Gasteiger partial charge on any atom is -0.271 e. The standard InChI is InChI=1S/C17H15NO4/c1-10(2)14(22-21)9-18-16(19)12-7-3-5-11-6-4-8-13(15(11)12)17(18)20/h3-8,14,21H,1,9H2,2H3. The van der Waals surface area contributed by atoms with Crippen molar-refractivity contribution in [3.8, 4) is 0 Å². The molecule has 0 aromatic heterocycles. The molecule has 112 valence electrons. The highest BCUT2D eigenvalue weighted by atomic mass is 17.1. The number of nitrogens with zero attached hydrogens (tertiary/aromatic N) is 1. The summed E-state index contributed by atoms with van der Waals surface area (Å²) in [5.74, 6) is -0.782. The van der Waals surface area contributed by atoms with Gasteiger partial charge in [0, 0.05) is 16.5 Å². The second-order valence-electron chi connectivity index (χ2n) is 5.37. The van der Waals surface area contributed by atoms with Gasteiger partial charge in [-0.1, -0.05) is 30.8 Å². The van der Waals surface area contributed by atoms with Crippen molar-refractivity contribution < 1.29 is 19.7 Å². The summed E-state index contributed by atoms with van der Waals surface area (Å²) in [4.78, 5) is 30.7. The molecule has 1 unspecified atom stereocenters. The average Bonchev–Trinajstić information content (AvgIpc) is 2.52. The van der Waals surface area contributed by atoms with Crippen LogP contribution in [0.1, 0.15) is 27.6 Å². The van der Waals surface area contributed by atoms with Gasteiger partial charge in [-0.25, -0.2) is 4.89 Å². The Morgan fingerprint density at radius 1 is 1.18 bits per heavy atom. The molecule has 0 bridgehead atoms. The van der Waals surface area contributed by atoms with E-state index in [-0.39, 0.29) is 6.54 Å². The Kier molecular flexibility index (Phi) is 3.52. The van der Waals surface area contributed by atoms with Gasteiger partial charge in [0.25, 0.3) is 11.8 Å². The van der Waals surface area contributed by atoms with E-state index in [9.17, 15) is 9.59 Å². The molecule has 0 fully saturated rings. The van der Waals surface area contributed by atoms with Gasteiger partial charge in [0.2, 0.25) is 0 Å². The highest BCUT2D eigenvalue weighted by Gasteiger charge is 2.34. The van der Waals surface area contributed by atoms with Crippen molar-refractivity contribution in [2.75, 3.05) is 6.54 Å². The molecule has 2 amide bonds. The average molecular weight is 297 g/mol. The number of carbonyl (C=O) groups is 2. The maximum Gasteiger partial charge on any atom is 0.261 e. The molecule has 3 rings (SSSR count). The maximum absolute atomic E-state index is 12.6. The molecule has 0 aliphatic carbocycles. The normalized spacial score (nSPS) is 15.3. The monoisotopic (exact) mass is 297 g/mol. The molecule has 1 heterocycles. The summed E-state index contributed by atoms with van der Waals surface area (Å²) in [6.45, 7) is 5.28. The van der Waals surface area contributed by atoms with E-state index in [0.29, 0.717) is 22.1 Å². The van der Waals surface area contributed by atoms with Crippen LogP contribution in [0.15, 0.2) is 48.6 Å². The van der Waals surface area contributed by atoms with Crippen molar-refractivity contribution in [1.29, 1.82) is 0 Å². The van der Waals surface area contributed by atoms with Crippen LogP contribution in [0.5, 0.6) is 0 Å². The number of carbonyl (C=O) groups excluding carboxylic acids is 2. The van der Waals surface area contributed by atoms with Crippen molar-refractivity contribution >= 4 is 22.6 Å². The third-order valence-corrected chi connectivity index (χ3v) is 3.88. The minimum atomic E-state index is -0.808. The summed E-state index contributed by atoms with van der Waals surface area (Å²) >= 11 is 0. The molecule has 22 heavy (non-hydrogen) atoms. The second kappa shape index (κ2) is 5.36. The molecular weight excluding hydrogens is 282 g/mol. The van der Waals surface area contributed by atoms with E-state index < -0.39 is 17.9 Å². The molecule has 0 saturated heterocycles. The zero-order valence-corrected chi connectivity index (χ0v) is 12.1. The van der Waals surface area contributed by atoms with Gasteiger partial charge in [-0.3, -0.25) is 19.7 Å². The second-order valence-corrected chi connectivity index (χ2v) is 5.37. The lowest BCUT2D eigenvalue weighted by Crippen LogP contribution is -2.45. The fourth-order valence-electron chi connectivity index (χ4n) is 2.69. The molecule has 2 aromatic rings. The summed E-state index contributed by atoms with van der Waals surface area (Å²) in [6.07, 6.45) is -0.808. The minimum absolute atomic E-state index is 0.0752. The zero-order chi connectivity index (χ0) is 15.9. The van der Waals surface area contributed by atoms with Crippen LogP contribution in [0, 0.1) is 0 Å². The van der Waals surface area contributed by atoms with E-state index in [4.69, 9.17) is 5.26 Å². The van der Waals surface area contributed by atoms with E-state index in [0.717, 1.165) is 10.3 Å². The molecular formula is C17H15NO4. The van der Waals surface area contributed by atoms with Gasteiger partial charge in [-0.15, -0.1) is 0 Å². The first-order chi connectivity index (χ1) is 10.5. The van der Waals surface area contributed by atoms with Crippen molar-refractivity contribution in [3.05, 3.63) is 59.7 Å². The van der Waals surface area contributed by atoms with Gasteiger partial charge in [-0.05, 0) is 30.0 Å². The Morgan fingerprint density at radius 3 is 2.18 bits per heavy atom. The fraction of sp³-hybridized carbons (Fsp3) is 0.176. The molecule has 5 nitrogen and oxygen atoms in total. The highest BCUT2D eigenvalue weighted by molar-refractivity contribution is 6.25. The van der Waals surface area contributed by atoms with Gasteiger partial charge >= 0.3 is 0 Å². The lowest BCUT2D eigenvalue weighted by molar-refractivity contribution is -0.268. The molecule has 1 aliphatic rings. The van der Waals surface area contributed by atoms with Crippen LogP contribution >= 0.6 is 0 Å². The van der Waals surface area contributed by atoms with Crippen LogP contribution < -0.4 is 0 Å². The first-order valence-corrected chi connectivity index (χ1v) is 6.88. The van der Waals surface area contributed by atoms with Gasteiger partial charge < -0.3 is 0 Å². The molecule has 2 aromatic carbocycles. The number of rotatable bonds is 4. The topological polar surface area (TPSA) is 66.8 Å². The van der Waals surface area contributed by atoms with E-state index in [1.54, 1.807) is 31.2 Å². The molecule has 0 spiro atoms. The fourth-order valence-corrected chi connectivity index (χ4v) is 2.69. The van der Waals surface area contributed by atoms with E-state index in [1.165, 1.54) is 0 Å². The summed E-state index contributed by atoms with van der Waals surface area (Å²) in [6, 6.07) is 10.7. The molecule has 1 atom stereocenters. The van der Waals surface area contributed by atoms with Gasteiger partial charge in [0.15, 0.2) is 0 Å². The summed E-state index contributed by atoms with van der Waals surface area (Å²) in [5, 5.41) is 10.5. The molecule has 1 N–H and O–H groups in total. The number of hydrogen-bond acceptors (Lipinski definition) is 4. The van der Waals surface area contributed by atoms with Gasteiger partial charge in [0.05, 0.1) is 6.54 Å². The Labute approximate surface area is 127 Å². The first-order valence-electron chi connectivity index (χ1n) is 6.88. The highest BCUT2D eigenvalue weighted by Crippen LogP contribution is 2.30. The third kappa shape index (κ3) is 2.11. The Hall–Kier alpha value is -2.50.